The fourth-order valence-electron chi connectivity index (χ4n) is 3.18. The molecule has 2 heterocycles. The van der Waals surface area contributed by atoms with E-state index in [0.29, 0.717) is 17.7 Å². The maximum Gasteiger partial charge on any atom is 0.257 e. The van der Waals surface area contributed by atoms with Gasteiger partial charge in [0, 0.05) is 24.1 Å². The molecule has 6 nitrogen and oxygen atoms in total. The van der Waals surface area contributed by atoms with Crippen molar-refractivity contribution in [2.75, 3.05) is 22.1 Å². The number of para-hydroxylation sites is 1. The first-order valence-electron chi connectivity index (χ1n) is 8.70. The van der Waals surface area contributed by atoms with E-state index in [1.807, 2.05) is 32.0 Å². The van der Waals surface area contributed by atoms with Gasteiger partial charge in [-0.1, -0.05) is 25.1 Å². The van der Waals surface area contributed by atoms with Crippen LogP contribution in [-0.2, 0) is 16.3 Å². The van der Waals surface area contributed by atoms with Crippen LogP contribution in [0.1, 0.15) is 34.8 Å². The van der Waals surface area contributed by atoms with E-state index in [-0.39, 0.29) is 23.5 Å². The molecular weight excluding hydrogens is 350 g/mol. The van der Waals surface area contributed by atoms with Crippen LogP contribution in [0, 0.1) is 6.92 Å². The first kappa shape index (κ1) is 18.4. The second kappa shape index (κ2) is 7.45. The van der Waals surface area contributed by atoms with E-state index < -0.39 is 9.84 Å². The minimum atomic E-state index is -2.96. The average Bonchev–Trinajstić information content (AvgIpc) is 2.95. The van der Waals surface area contributed by atoms with E-state index in [1.165, 1.54) is 6.20 Å². The average molecular weight is 373 g/mol. The normalized spacial score (nSPS) is 18.5. The van der Waals surface area contributed by atoms with Crippen molar-refractivity contribution in [1.82, 2.24) is 4.98 Å². The molecule has 7 heteroatoms. The maximum absolute atomic E-state index is 12.7. The summed E-state index contributed by atoms with van der Waals surface area (Å²) in [7, 11) is -2.96. The molecule has 0 saturated carbocycles. The fourth-order valence-corrected chi connectivity index (χ4v) is 4.85. The van der Waals surface area contributed by atoms with Crippen LogP contribution in [0.4, 0.5) is 11.4 Å². The Morgan fingerprint density at radius 1 is 1.31 bits per heavy atom. The van der Waals surface area contributed by atoms with Crippen LogP contribution in [0.15, 0.2) is 36.7 Å². The zero-order chi connectivity index (χ0) is 18.7. The molecule has 138 valence electrons. The number of aromatic nitrogens is 1. The number of carbonyl (C=O) groups excluding carboxylic acids is 1. The van der Waals surface area contributed by atoms with E-state index >= 15 is 0 Å². The summed E-state index contributed by atoms with van der Waals surface area (Å²) >= 11 is 0. The van der Waals surface area contributed by atoms with Gasteiger partial charge in [0.15, 0.2) is 9.84 Å². The predicted molar refractivity (Wildman–Crippen MR) is 103 cm³/mol. The summed E-state index contributed by atoms with van der Waals surface area (Å²) in [6, 6.07) is 7.51. The Kier molecular flexibility index (Phi) is 5.27. The number of hydrogen-bond donors (Lipinski definition) is 2. The van der Waals surface area contributed by atoms with Crippen LogP contribution in [0.5, 0.6) is 0 Å². The summed E-state index contributed by atoms with van der Waals surface area (Å²) in [6.07, 6.45) is 4.51. The van der Waals surface area contributed by atoms with Crippen LogP contribution in [0.3, 0.4) is 0 Å². The lowest BCUT2D eigenvalue weighted by atomic mass is 10.1. The minimum absolute atomic E-state index is 0.118. The van der Waals surface area contributed by atoms with Gasteiger partial charge in [-0.2, -0.15) is 0 Å². The number of anilines is 2. The Morgan fingerprint density at radius 3 is 2.81 bits per heavy atom. The molecule has 0 aliphatic carbocycles. The van der Waals surface area contributed by atoms with Gasteiger partial charge < -0.3 is 10.6 Å². The van der Waals surface area contributed by atoms with Gasteiger partial charge in [-0.25, -0.2) is 8.42 Å². The van der Waals surface area contributed by atoms with Gasteiger partial charge in [0.1, 0.15) is 0 Å². The molecule has 1 aromatic heterocycles. The number of nitrogens with one attached hydrogen (secondary N) is 2. The van der Waals surface area contributed by atoms with E-state index in [0.717, 1.165) is 23.2 Å². The molecule has 1 amide bonds. The molecule has 1 aliphatic heterocycles. The van der Waals surface area contributed by atoms with E-state index in [2.05, 4.69) is 15.6 Å². The quantitative estimate of drug-likeness (QED) is 0.841. The van der Waals surface area contributed by atoms with Crippen molar-refractivity contribution < 1.29 is 13.2 Å². The van der Waals surface area contributed by atoms with Crippen molar-refractivity contribution in [1.29, 1.82) is 0 Å². The fraction of sp³-hybridized carbons (Fsp3) is 0.368. The van der Waals surface area contributed by atoms with Gasteiger partial charge >= 0.3 is 0 Å². The SMILES string of the molecule is CCc1cccc(C)c1NC(=O)c1cncc(NC2CCS(=O)(=O)C2)c1. The van der Waals surface area contributed by atoms with E-state index in [1.54, 1.807) is 12.3 Å². The number of sulfone groups is 1. The zero-order valence-electron chi connectivity index (χ0n) is 15.0. The molecule has 0 bridgehead atoms. The monoisotopic (exact) mass is 373 g/mol. The first-order chi connectivity index (χ1) is 12.4. The van der Waals surface area contributed by atoms with Crippen molar-refractivity contribution >= 4 is 27.1 Å². The topological polar surface area (TPSA) is 88.2 Å². The van der Waals surface area contributed by atoms with Crippen molar-refractivity contribution in [2.24, 2.45) is 0 Å². The summed E-state index contributed by atoms with van der Waals surface area (Å²) in [5, 5.41) is 6.15. The van der Waals surface area contributed by atoms with Crippen LogP contribution in [-0.4, -0.2) is 36.9 Å². The molecule has 2 N–H and O–H groups in total. The highest BCUT2D eigenvalue weighted by Gasteiger charge is 2.27. The van der Waals surface area contributed by atoms with Crippen LogP contribution in [0.25, 0.3) is 0 Å². The third-order valence-corrected chi connectivity index (χ3v) is 6.35. The number of carbonyl (C=O) groups is 1. The Hall–Kier alpha value is -2.41. The van der Waals surface area contributed by atoms with Crippen molar-refractivity contribution in [3.63, 3.8) is 0 Å². The van der Waals surface area contributed by atoms with Gasteiger partial charge in [0.2, 0.25) is 0 Å². The van der Waals surface area contributed by atoms with Crippen molar-refractivity contribution in [2.45, 2.75) is 32.7 Å². The summed E-state index contributed by atoms with van der Waals surface area (Å²) in [6.45, 7) is 4.01. The first-order valence-corrected chi connectivity index (χ1v) is 10.5. The third kappa shape index (κ3) is 4.22. The standard InChI is InChI=1S/C19H23N3O3S/c1-3-14-6-4-5-13(2)18(14)22-19(23)15-9-17(11-20-10-15)21-16-7-8-26(24,25)12-16/h4-6,9-11,16,21H,3,7-8,12H2,1-2H3,(H,22,23). The lowest BCUT2D eigenvalue weighted by molar-refractivity contribution is 0.102. The number of aryl methyl sites for hydroxylation is 2. The highest BCUT2D eigenvalue weighted by molar-refractivity contribution is 7.91. The van der Waals surface area contributed by atoms with Gasteiger partial charge in [0.25, 0.3) is 5.91 Å². The summed E-state index contributed by atoms with van der Waals surface area (Å²) < 4.78 is 23.2. The van der Waals surface area contributed by atoms with Crippen LogP contribution < -0.4 is 10.6 Å². The molecule has 1 aromatic carbocycles. The van der Waals surface area contributed by atoms with Crippen molar-refractivity contribution in [3.05, 3.63) is 53.3 Å². The largest absolute Gasteiger partial charge is 0.380 e. The van der Waals surface area contributed by atoms with Crippen LogP contribution >= 0.6 is 0 Å². The molecular formula is C19H23N3O3S. The number of nitrogens with zero attached hydrogens (tertiary/aromatic N) is 1. The number of pyridine rings is 1. The van der Waals surface area contributed by atoms with E-state index in [4.69, 9.17) is 0 Å². The van der Waals surface area contributed by atoms with Gasteiger partial charge in [-0.05, 0) is 37.0 Å². The maximum atomic E-state index is 12.7. The summed E-state index contributed by atoms with van der Waals surface area (Å²) in [5.41, 5.74) is 4.01. The van der Waals surface area contributed by atoms with Gasteiger partial charge in [-0.15, -0.1) is 0 Å². The number of benzene rings is 1. The highest BCUT2D eigenvalue weighted by Crippen LogP contribution is 2.23. The molecule has 1 saturated heterocycles. The van der Waals surface area contributed by atoms with Crippen LogP contribution in [0.2, 0.25) is 0 Å². The molecule has 26 heavy (non-hydrogen) atoms. The Bertz CT molecular complexity index is 925. The summed E-state index contributed by atoms with van der Waals surface area (Å²) in [5.74, 6) is 0.0851. The van der Waals surface area contributed by atoms with Gasteiger partial charge in [-0.3, -0.25) is 9.78 Å². The van der Waals surface area contributed by atoms with Crippen molar-refractivity contribution in [3.8, 4) is 0 Å². The molecule has 1 fully saturated rings. The second-order valence-electron chi connectivity index (χ2n) is 6.62. The van der Waals surface area contributed by atoms with E-state index in [9.17, 15) is 13.2 Å². The second-order valence-corrected chi connectivity index (χ2v) is 8.85. The molecule has 3 rings (SSSR count). The Labute approximate surface area is 154 Å². The smallest absolute Gasteiger partial charge is 0.257 e. The number of amides is 1. The zero-order valence-corrected chi connectivity index (χ0v) is 15.8. The number of hydrogen-bond acceptors (Lipinski definition) is 5. The lowest BCUT2D eigenvalue weighted by Gasteiger charge is -2.15. The highest BCUT2D eigenvalue weighted by atomic mass is 32.2. The molecule has 0 spiro atoms. The molecule has 0 radical (unpaired) electrons. The predicted octanol–water partition coefficient (Wildman–Crippen LogP) is 2.80. The molecule has 1 unspecified atom stereocenters. The Morgan fingerprint density at radius 2 is 2.12 bits per heavy atom. The molecule has 1 atom stereocenters. The molecule has 2 aromatic rings. The minimum Gasteiger partial charge on any atom is -0.380 e. The Balaban J connectivity index is 1.75. The van der Waals surface area contributed by atoms with Gasteiger partial charge in [0.05, 0.1) is 22.8 Å². The lowest BCUT2D eigenvalue weighted by Crippen LogP contribution is -2.21. The summed E-state index contributed by atoms with van der Waals surface area (Å²) in [4.78, 5) is 16.8. The number of rotatable bonds is 5. The molecule has 1 aliphatic rings. The third-order valence-electron chi connectivity index (χ3n) is 4.58.